The van der Waals surface area contributed by atoms with E-state index in [2.05, 4.69) is 6.07 Å². The van der Waals surface area contributed by atoms with Crippen LogP contribution >= 0.6 is 0 Å². The van der Waals surface area contributed by atoms with Gasteiger partial charge in [-0.2, -0.15) is 44.8 Å². The lowest BCUT2D eigenvalue weighted by Crippen LogP contribution is -2.08. The molecule has 55 heavy (non-hydrogen) atoms. The summed E-state index contributed by atoms with van der Waals surface area (Å²) in [6.45, 7) is 5.35. The van der Waals surface area contributed by atoms with E-state index in [0.717, 1.165) is 70.4 Å². The summed E-state index contributed by atoms with van der Waals surface area (Å²) in [7, 11) is 0. The number of fused-ring (bicyclic) bond motifs is 6. The Kier molecular flexibility index (Phi) is 7.90. The summed E-state index contributed by atoms with van der Waals surface area (Å²) in [5.74, 6) is 0. The minimum Gasteiger partial charge on any atom is -0.308 e. The molecule has 0 aliphatic heterocycles. The highest BCUT2D eigenvalue weighted by molar-refractivity contribution is 6.12. The fourth-order valence-corrected chi connectivity index (χ4v) is 7.57. The van der Waals surface area contributed by atoms with Crippen molar-refractivity contribution in [2.24, 2.45) is 0 Å². The lowest BCUT2D eigenvalue weighted by Gasteiger charge is -2.22. The number of rotatable bonds is 3. The number of nitriles is 1. The first-order valence-electron chi connectivity index (χ1n) is 16.9. The van der Waals surface area contributed by atoms with E-state index in [0.29, 0.717) is 27.8 Å². The summed E-state index contributed by atoms with van der Waals surface area (Å²) in [4.78, 5) is 0. The van der Waals surface area contributed by atoms with E-state index in [1.807, 2.05) is 54.8 Å². The predicted octanol–water partition coefficient (Wildman–Crippen LogP) is 13.4. The van der Waals surface area contributed by atoms with E-state index < -0.39 is 35.2 Å². The quantitative estimate of drug-likeness (QED) is 0.165. The molecule has 12 heteroatoms. The van der Waals surface area contributed by atoms with E-state index in [9.17, 15) is 44.8 Å². The van der Waals surface area contributed by atoms with Crippen LogP contribution in [0.15, 0.2) is 103 Å². The van der Waals surface area contributed by atoms with Crippen molar-refractivity contribution in [2.45, 2.75) is 39.3 Å². The zero-order valence-electron chi connectivity index (χ0n) is 29.1. The summed E-state index contributed by atoms with van der Waals surface area (Å²) in [5.41, 5.74) is 1.79. The maximum Gasteiger partial charge on any atom is 0.416 e. The zero-order chi connectivity index (χ0) is 39.4. The minimum atomic E-state index is -4.83. The second kappa shape index (κ2) is 12.1. The number of alkyl halides is 9. The summed E-state index contributed by atoms with van der Waals surface area (Å²) in [6.07, 6.45) is -14.3. The predicted molar refractivity (Wildman–Crippen MR) is 194 cm³/mol. The Morgan fingerprint density at radius 1 is 0.455 bits per heavy atom. The maximum absolute atomic E-state index is 14.1. The highest BCUT2D eigenvalue weighted by Gasteiger charge is 2.35. The van der Waals surface area contributed by atoms with Gasteiger partial charge in [0.15, 0.2) is 0 Å². The smallest absolute Gasteiger partial charge is 0.308 e. The van der Waals surface area contributed by atoms with Gasteiger partial charge in [-0.25, -0.2) is 0 Å². The molecule has 0 aliphatic rings. The number of benzene rings is 6. The van der Waals surface area contributed by atoms with Crippen LogP contribution in [0.4, 0.5) is 39.5 Å². The first kappa shape index (κ1) is 35.8. The lowest BCUT2D eigenvalue weighted by atomic mass is 9.93. The molecule has 276 valence electrons. The van der Waals surface area contributed by atoms with Gasteiger partial charge in [0.25, 0.3) is 0 Å². The Balaban J connectivity index is 1.59. The zero-order valence-corrected chi connectivity index (χ0v) is 29.1. The molecule has 0 radical (unpaired) electrons. The van der Waals surface area contributed by atoms with Crippen LogP contribution < -0.4 is 0 Å². The first-order valence-corrected chi connectivity index (χ1v) is 16.9. The van der Waals surface area contributed by atoms with Crippen molar-refractivity contribution in [3.63, 3.8) is 0 Å². The molecule has 0 bridgehead atoms. The molecular formula is C43H26F9N3. The van der Waals surface area contributed by atoms with Crippen LogP contribution in [0.25, 0.3) is 66.1 Å². The van der Waals surface area contributed by atoms with Crippen molar-refractivity contribution in [2.75, 3.05) is 0 Å². The normalized spacial score (nSPS) is 12.7. The highest BCUT2D eigenvalue weighted by Crippen LogP contribution is 2.46. The Hall–Kier alpha value is -6.22. The summed E-state index contributed by atoms with van der Waals surface area (Å²) < 4.78 is 130. The molecule has 3 nitrogen and oxygen atoms in total. The molecule has 0 unspecified atom stereocenters. The summed E-state index contributed by atoms with van der Waals surface area (Å²) in [5, 5.41) is 11.9. The molecule has 0 saturated heterocycles. The lowest BCUT2D eigenvalue weighted by molar-refractivity contribution is -0.138. The van der Waals surface area contributed by atoms with Crippen molar-refractivity contribution < 1.29 is 39.5 Å². The molecular weight excluding hydrogens is 729 g/mol. The Morgan fingerprint density at radius 3 is 1.20 bits per heavy atom. The van der Waals surface area contributed by atoms with E-state index in [4.69, 9.17) is 0 Å². The van der Waals surface area contributed by atoms with Crippen LogP contribution in [-0.4, -0.2) is 9.13 Å². The third-order valence-electron chi connectivity index (χ3n) is 10.0. The van der Waals surface area contributed by atoms with Gasteiger partial charge in [-0.1, -0.05) is 29.3 Å². The van der Waals surface area contributed by atoms with Crippen LogP contribution in [0, 0.1) is 32.1 Å². The molecule has 8 aromatic rings. The first-order chi connectivity index (χ1) is 25.8. The molecule has 0 atom stereocenters. The average molecular weight is 756 g/mol. The average Bonchev–Trinajstić information content (AvgIpc) is 3.61. The van der Waals surface area contributed by atoms with Gasteiger partial charge >= 0.3 is 18.5 Å². The Labute approximate surface area is 307 Å². The summed E-state index contributed by atoms with van der Waals surface area (Å²) >= 11 is 0. The van der Waals surface area contributed by atoms with Crippen molar-refractivity contribution in [1.29, 1.82) is 5.26 Å². The molecule has 0 fully saturated rings. The minimum absolute atomic E-state index is 0.0846. The van der Waals surface area contributed by atoms with Gasteiger partial charge in [-0.05, 0) is 117 Å². The molecule has 0 aliphatic carbocycles. The van der Waals surface area contributed by atoms with Gasteiger partial charge in [-0.15, -0.1) is 0 Å². The van der Waals surface area contributed by atoms with Crippen LogP contribution in [-0.2, 0) is 18.5 Å². The third kappa shape index (κ3) is 5.85. The number of halogens is 9. The van der Waals surface area contributed by atoms with Crippen LogP contribution in [0.5, 0.6) is 0 Å². The van der Waals surface area contributed by atoms with Gasteiger partial charge in [0.2, 0.25) is 0 Å². The largest absolute Gasteiger partial charge is 0.416 e. The van der Waals surface area contributed by atoms with Gasteiger partial charge in [0.05, 0.1) is 61.8 Å². The van der Waals surface area contributed by atoms with E-state index in [-0.39, 0.29) is 38.6 Å². The van der Waals surface area contributed by atoms with Crippen molar-refractivity contribution >= 4 is 43.6 Å². The highest BCUT2D eigenvalue weighted by atomic mass is 19.4. The molecule has 0 N–H and O–H groups in total. The van der Waals surface area contributed by atoms with Crippen molar-refractivity contribution in [3.8, 4) is 28.6 Å². The Morgan fingerprint density at radius 2 is 0.818 bits per heavy atom. The van der Waals surface area contributed by atoms with Gasteiger partial charge < -0.3 is 9.13 Å². The third-order valence-corrected chi connectivity index (χ3v) is 10.0. The molecule has 2 aromatic heterocycles. The van der Waals surface area contributed by atoms with Crippen LogP contribution in [0.3, 0.4) is 0 Å². The molecule has 2 heterocycles. The van der Waals surface area contributed by atoms with E-state index in [1.54, 1.807) is 6.07 Å². The molecule has 0 spiro atoms. The van der Waals surface area contributed by atoms with Gasteiger partial charge in [-0.3, -0.25) is 0 Å². The fourth-order valence-electron chi connectivity index (χ4n) is 7.57. The maximum atomic E-state index is 14.1. The van der Waals surface area contributed by atoms with E-state index in [1.165, 1.54) is 23.6 Å². The van der Waals surface area contributed by atoms with Crippen molar-refractivity contribution in [3.05, 3.63) is 142 Å². The van der Waals surface area contributed by atoms with Crippen LogP contribution in [0.1, 0.15) is 38.9 Å². The number of nitrogens with zero attached hydrogens (tertiary/aromatic N) is 3. The monoisotopic (exact) mass is 755 g/mol. The number of aromatic nitrogens is 2. The number of hydrogen-bond donors (Lipinski definition) is 0. The second-order valence-corrected chi connectivity index (χ2v) is 13.7. The number of hydrogen-bond acceptors (Lipinski definition) is 1. The van der Waals surface area contributed by atoms with Crippen molar-refractivity contribution in [1.82, 2.24) is 9.13 Å². The van der Waals surface area contributed by atoms with E-state index >= 15 is 0 Å². The van der Waals surface area contributed by atoms with Gasteiger partial charge in [0.1, 0.15) is 0 Å². The molecule has 0 saturated carbocycles. The molecule has 0 amide bonds. The standard InChI is InChI=1S/C43H26F9N3/c1-22-4-10-34-30(14-22)31-15-23(2)5-11-35(31)54(34)38-17-25(21-53)18-39(40(38)29-9-6-26(16-24(29)3)41(44,45)46)55-36-12-7-27(42(47,48)49)19-32(36)33-20-28(43(50,51)52)8-13-37(33)55/h4-20H,1-3H3. The topological polar surface area (TPSA) is 33.6 Å². The fraction of sp³-hybridized carbons (Fsp3) is 0.140. The SMILES string of the molecule is Cc1ccc2c(c1)c1cc(C)ccc1n2-c1cc(C#N)cc(-n2c3ccc(C(F)(F)F)cc3c3cc(C(F)(F)F)ccc32)c1-c1ccc(C(F)(F)F)cc1C. The second-order valence-electron chi connectivity index (χ2n) is 13.7. The van der Waals surface area contributed by atoms with Crippen LogP contribution in [0.2, 0.25) is 0 Å². The molecule has 8 rings (SSSR count). The molecule has 6 aromatic carbocycles. The number of aryl methyl sites for hydroxylation is 3. The Bertz CT molecular complexity index is 2800. The van der Waals surface area contributed by atoms with Gasteiger partial charge in [0, 0.05) is 27.1 Å². The summed E-state index contributed by atoms with van der Waals surface area (Å²) in [6, 6.07) is 25.5.